The van der Waals surface area contributed by atoms with Gasteiger partial charge in [-0.3, -0.25) is 0 Å². The second-order valence-electron chi connectivity index (χ2n) is 16.4. The Hall–Kier alpha value is -5.08. The summed E-state index contributed by atoms with van der Waals surface area (Å²) in [5.41, 5.74) is 13.4. The molecule has 2 heteroatoms. The van der Waals surface area contributed by atoms with E-state index < -0.39 is 0 Å². The number of para-hydroxylation sites is 2. The first-order valence-electron chi connectivity index (χ1n) is 21.8. The average molecular weight is 737 g/mol. The molecular weight excluding hydrogens is 677 g/mol. The molecule has 0 saturated carbocycles. The van der Waals surface area contributed by atoms with Crippen LogP contribution >= 0.6 is 0 Å². The predicted molar refractivity (Wildman–Crippen MR) is 244 cm³/mol. The topological polar surface area (TPSA) is 9.86 Å². The lowest BCUT2D eigenvalue weighted by Crippen LogP contribution is -2.10. The standard InChI is InChI=1S/C54H60N2/c1-5-9-15-39(7-3)37-55-51-19-13-11-17-47(51)49-35-45(31-33-53(49)55)43-27-23-41(24-28-43)21-22-42-25-29-44(30-26-42)46-32-34-54-50(36-46)48-18-12-14-20-52(48)56(54)38-40(8-4)16-10-6-2/h11-14,17-20,23-36,39-40H,5-10,15-16,21-22,37-38H2,1-4H3. The monoisotopic (exact) mass is 736 g/mol. The summed E-state index contributed by atoms with van der Waals surface area (Å²) in [6.07, 6.45) is 12.3. The van der Waals surface area contributed by atoms with Crippen LogP contribution in [0.2, 0.25) is 0 Å². The van der Waals surface area contributed by atoms with E-state index in [1.165, 1.54) is 128 Å². The van der Waals surface area contributed by atoms with Crippen molar-refractivity contribution < 1.29 is 0 Å². The first-order valence-corrected chi connectivity index (χ1v) is 21.8. The van der Waals surface area contributed by atoms with Crippen molar-refractivity contribution in [3.63, 3.8) is 0 Å². The maximum atomic E-state index is 2.59. The van der Waals surface area contributed by atoms with Gasteiger partial charge in [0.1, 0.15) is 0 Å². The maximum absolute atomic E-state index is 2.59. The molecule has 0 amide bonds. The average Bonchev–Trinajstić information content (AvgIpc) is 3.74. The molecule has 2 heterocycles. The van der Waals surface area contributed by atoms with Gasteiger partial charge in [0.05, 0.1) is 0 Å². The SMILES string of the molecule is CCCCC(CC)Cn1c2ccccc2c2cc(-c3ccc(CCc4ccc(-c5ccc6c(c5)c5ccccc5n6CC(CC)CCCC)cc4)cc3)ccc21. The van der Waals surface area contributed by atoms with Gasteiger partial charge in [0.25, 0.3) is 0 Å². The molecule has 286 valence electrons. The fourth-order valence-corrected chi connectivity index (χ4v) is 9.23. The van der Waals surface area contributed by atoms with E-state index in [1.807, 2.05) is 0 Å². The van der Waals surface area contributed by atoms with Crippen LogP contribution in [0.5, 0.6) is 0 Å². The number of fused-ring (bicyclic) bond motifs is 6. The number of hydrogen-bond acceptors (Lipinski definition) is 0. The van der Waals surface area contributed by atoms with Crippen molar-refractivity contribution in [3.05, 3.63) is 145 Å². The van der Waals surface area contributed by atoms with Crippen LogP contribution in [0.15, 0.2) is 133 Å². The Balaban J connectivity index is 0.958. The molecule has 0 aliphatic rings. The maximum Gasteiger partial charge on any atom is 0.0491 e. The largest absolute Gasteiger partial charge is 0.340 e. The highest BCUT2D eigenvalue weighted by molar-refractivity contribution is 6.10. The van der Waals surface area contributed by atoms with Gasteiger partial charge >= 0.3 is 0 Å². The zero-order chi connectivity index (χ0) is 38.4. The van der Waals surface area contributed by atoms with E-state index in [0.717, 1.165) is 25.9 Å². The smallest absolute Gasteiger partial charge is 0.0491 e. The van der Waals surface area contributed by atoms with Crippen LogP contribution in [0.3, 0.4) is 0 Å². The molecule has 0 aliphatic carbocycles. The minimum atomic E-state index is 0.716. The van der Waals surface area contributed by atoms with Gasteiger partial charge in [0.15, 0.2) is 0 Å². The van der Waals surface area contributed by atoms with E-state index in [2.05, 4.69) is 170 Å². The molecule has 6 aromatic carbocycles. The Morgan fingerprint density at radius 2 is 0.768 bits per heavy atom. The van der Waals surface area contributed by atoms with Gasteiger partial charge in [0, 0.05) is 56.7 Å². The van der Waals surface area contributed by atoms with E-state index >= 15 is 0 Å². The number of rotatable bonds is 17. The number of unbranched alkanes of at least 4 members (excludes halogenated alkanes) is 2. The molecule has 8 aromatic rings. The highest BCUT2D eigenvalue weighted by Gasteiger charge is 2.17. The molecule has 0 fully saturated rings. The van der Waals surface area contributed by atoms with Crippen LogP contribution in [-0.4, -0.2) is 9.13 Å². The Kier molecular flexibility index (Phi) is 11.7. The van der Waals surface area contributed by atoms with Crippen molar-refractivity contribution in [1.29, 1.82) is 0 Å². The molecule has 2 unspecified atom stereocenters. The van der Waals surface area contributed by atoms with Crippen molar-refractivity contribution in [1.82, 2.24) is 9.13 Å². The highest BCUT2D eigenvalue weighted by Crippen LogP contribution is 2.36. The van der Waals surface area contributed by atoms with E-state index in [9.17, 15) is 0 Å². The van der Waals surface area contributed by atoms with Gasteiger partial charge in [-0.05, 0) is 107 Å². The summed E-state index contributed by atoms with van der Waals surface area (Å²) in [5, 5.41) is 5.46. The van der Waals surface area contributed by atoms with Gasteiger partial charge < -0.3 is 9.13 Å². The minimum Gasteiger partial charge on any atom is -0.340 e. The molecule has 0 radical (unpaired) electrons. The molecular formula is C54H60N2. The molecule has 2 aromatic heterocycles. The van der Waals surface area contributed by atoms with E-state index in [0.29, 0.717) is 11.8 Å². The van der Waals surface area contributed by atoms with Crippen LogP contribution in [-0.2, 0) is 25.9 Å². The van der Waals surface area contributed by atoms with Crippen LogP contribution in [0.25, 0.3) is 65.9 Å². The number of benzene rings is 6. The van der Waals surface area contributed by atoms with Crippen LogP contribution < -0.4 is 0 Å². The summed E-state index contributed by atoms with van der Waals surface area (Å²) in [6.45, 7) is 11.5. The third kappa shape index (κ3) is 7.81. The van der Waals surface area contributed by atoms with Crippen LogP contribution in [0.1, 0.15) is 90.2 Å². The van der Waals surface area contributed by atoms with E-state index in [1.54, 1.807) is 0 Å². The molecule has 0 saturated heterocycles. The molecule has 2 nitrogen and oxygen atoms in total. The molecule has 2 atom stereocenters. The van der Waals surface area contributed by atoms with E-state index in [-0.39, 0.29) is 0 Å². The summed E-state index contributed by atoms with van der Waals surface area (Å²) in [6, 6.07) is 50.8. The minimum absolute atomic E-state index is 0.716. The lowest BCUT2D eigenvalue weighted by atomic mass is 9.97. The fourth-order valence-electron chi connectivity index (χ4n) is 9.23. The fraction of sp³-hybridized carbons (Fsp3) is 0.333. The van der Waals surface area contributed by atoms with Gasteiger partial charge in [-0.25, -0.2) is 0 Å². The Morgan fingerprint density at radius 3 is 1.16 bits per heavy atom. The number of aromatic nitrogens is 2. The zero-order valence-electron chi connectivity index (χ0n) is 34.2. The summed E-state index contributed by atoms with van der Waals surface area (Å²) in [5.74, 6) is 1.43. The second kappa shape index (κ2) is 17.4. The number of hydrogen-bond donors (Lipinski definition) is 0. The Labute approximate surface area is 335 Å². The van der Waals surface area contributed by atoms with E-state index in [4.69, 9.17) is 0 Å². The normalized spacial score (nSPS) is 13.0. The molecule has 56 heavy (non-hydrogen) atoms. The summed E-state index contributed by atoms with van der Waals surface area (Å²) >= 11 is 0. The first-order chi connectivity index (χ1) is 27.6. The van der Waals surface area contributed by atoms with Crippen LogP contribution in [0, 0.1) is 11.8 Å². The molecule has 0 spiro atoms. The van der Waals surface area contributed by atoms with Crippen molar-refractivity contribution in [3.8, 4) is 22.3 Å². The van der Waals surface area contributed by atoms with Crippen LogP contribution in [0.4, 0.5) is 0 Å². The van der Waals surface area contributed by atoms with Crippen molar-refractivity contribution in [2.75, 3.05) is 0 Å². The molecule has 0 aliphatic heterocycles. The summed E-state index contributed by atoms with van der Waals surface area (Å²) < 4.78 is 5.17. The van der Waals surface area contributed by atoms with Gasteiger partial charge in [-0.2, -0.15) is 0 Å². The third-order valence-corrected chi connectivity index (χ3v) is 12.8. The molecule has 8 rings (SSSR count). The summed E-state index contributed by atoms with van der Waals surface area (Å²) in [7, 11) is 0. The van der Waals surface area contributed by atoms with Gasteiger partial charge in [0.2, 0.25) is 0 Å². The number of nitrogens with zero attached hydrogens (tertiary/aromatic N) is 2. The van der Waals surface area contributed by atoms with Crippen molar-refractivity contribution >= 4 is 43.6 Å². The first kappa shape index (κ1) is 37.8. The molecule has 0 bridgehead atoms. The summed E-state index contributed by atoms with van der Waals surface area (Å²) in [4.78, 5) is 0. The second-order valence-corrected chi connectivity index (χ2v) is 16.4. The quantitative estimate of drug-likeness (QED) is 0.0881. The van der Waals surface area contributed by atoms with Gasteiger partial charge in [-0.15, -0.1) is 0 Å². The molecule has 0 N–H and O–H groups in total. The zero-order valence-corrected chi connectivity index (χ0v) is 34.2. The third-order valence-electron chi connectivity index (χ3n) is 12.8. The lowest BCUT2D eigenvalue weighted by Gasteiger charge is -2.17. The Morgan fingerprint density at radius 1 is 0.393 bits per heavy atom. The lowest BCUT2D eigenvalue weighted by molar-refractivity contribution is 0.401. The Bertz CT molecular complexity index is 2350. The van der Waals surface area contributed by atoms with Gasteiger partial charge in [-0.1, -0.05) is 163 Å². The number of aryl methyl sites for hydroxylation is 2. The predicted octanol–water partition coefficient (Wildman–Crippen LogP) is 15.5. The highest BCUT2D eigenvalue weighted by atomic mass is 15.0. The van der Waals surface area contributed by atoms with Crippen molar-refractivity contribution in [2.45, 2.75) is 105 Å². The van der Waals surface area contributed by atoms with Crippen molar-refractivity contribution in [2.24, 2.45) is 11.8 Å².